The van der Waals surface area contributed by atoms with E-state index in [1.807, 2.05) is 4.98 Å². The lowest BCUT2D eigenvalue weighted by atomic mass is 9.84. The second-order valence-electron chi connectivity index (χ2n) is 15.6. The summed E-state index contributed by atoms with van der Waals surface area (Å²) in [7, 11) is 0. The number of rotatable bonds is 12. The molecule has 1 aromatic heterocycles. The van der Waals surface area contributed by atoms with Crippen molar-refractivity contribution in [1.82, 2.24) is 19.4 Å². The number of ether oxygens (including phenoxy) is 3. The van der Waals surface area contributed by atoms with Crippen LogP contribution in [0.3, 0.4) is 0 Å². The van der Waals surface area contributed by atoms with E-state index in [1.165, 1.54) is 55.1 Å². The Bertz CT molecular complexity index is 2150. The maximum absolute atomic E-state index is 14.6. The molecular weight excluding hydrogens is 864 g/mol. The first kappa shape index (κ1) is 50.7. The minimum Gasteiger partial charge on any atom is -0.384 e. The molecule has 28 heteroatoms. The van der Waals surface area contributed by atoms with Gasteiger partial charge in [0.1, 0.15) is 25.0 Å². The predicted octanol–water partition coefficient (Wildman–Crippen LogP) is 6.23. The Balaban J connectivity index is 0.000000210. The van der Waals surface area contributed by atoms with Crippen molar-refractivity contribution in [1.29, 1.82) is 0 Å². The van der Waals surface area contributed by atoms with E-state index in [4.69, 9.17) is 42.3 Å². The van der Waals surface area contributed by atoms with Gasteiger partial charge in [-0.25, -0.2) is 41.1 Å². The zero-order valence-corrected chi connectivity index (χ0v) is 35.8. The van der Waals surface area contributed by atoms with Crippen molar-refractivity contribution < 1.29 is 40.6 Å². The molecule has 64 heavy (non-hydrogen) atoms. The quantitative estimate of drug-likeness (QED) is 0.0925. The molecule has 6 rings (SSSR count). The average Bonchev–Trinajstić information content (AvgIpc) is 3.70. The van der Waals surface area contributed by atoms with Crippen molar-refractivity contribution in [2.45, 2.75) is 114 Å². The largest absolute Gasteiger partial charge is 0.384 e. The zero-order chi connectivity index (χ0) is 47.9. The van der Waals surface area contributed by atoms with Gasteiger partial charge in [-0.15, -0.1) is 0 Å². The number of nitrogens with zero attached hydrogens (tertiary/aromatic N) is 14. The van der Waals surface area contributed by atoms with Gasteiger partial charge in [-0.2, -0.15) is 0 Å². The number of hydrogen-bond donors (Lipinski definition) is 3. The van der Waals surface area contributed by atoms with Gasteiger partial charge in [0, 0.05) is 39.4 Å². The number of nitrogens with one attached hydrogen (secondary N) is 1. The molecule has 0 spiro atoms. The molecule has 6 heterocycles. The van der Waals surface area contributed by atoms with Crippen molar-refractivity contribution in [3.05, 3.63) is 89.0 Å². The highest BCUT2D eigenvalue weighted by Gasteiger charge is 2.66. The topological polar surface area (TPSA) is 312 Å². The predicted molar refractivity (Wildman–Crippen MR) is 220 cm³/mol. The number of amidine groups is 2. The smallest absolute Gasteiger partial charge is 0.330 e. The molecule has 1 aromatic rings. The highest BCUT2D eigenvalue weighted by molar-refractivity contribution is 5.92. The maximum atomic E-state index is 14.6. The second kappa shape index (κ2) is 19.9. The SMILES string of the molecule is CC[C@@]1(CN=[N+]=[N-])O[C@@H](N2C=CC(N)=NC2)C(F)(F)[C@@H]1C.CC[C@@]1(CN=[N+]=[N-])O[C@@H](N2C=CC(N)=NC2)C(F)(F)[C@@H]1C.CC[C@@]1(CN=[N+]=[N-])O[C@@H](n2ccc(=O)[nH]c2=O)C(F)(F)[C@@H]1C. The minimum atomic E-state index is -3.37. The van der Waals surface area contributed by atoms with E-state index in [0.29, 0.717) is 17.4 Å². The van der Waals surface area contributed by atoms with E-state index in [0.717, 1.165) is 12.3 Å². The molecule has 5 aliphatic rings. The van der Waals surface area contributed by atoms with Gasteiger partial charge in [0.05, 0.1) is 54.2 Å². The second-order valence-corrected chi connectivity index (χ2v) is 15.6. The highest BCUT2D eigenvalue weighted by atomic mass is 19.3. The fourth-order valence-corrected chi connectivity index (χ4v) is 7.99. The number of H-pyrrole nitrogens is 1. The van der Waals surface area contributed by atoms with E-state index < -0.39 is 82.3 Å². The number of alkyl halides is 6. The molecule has 5 N–H and O–H groups in total. The van der Waals surface area contributed by atoms with Crippen LogP contribution in [0.25, 0.3) is 31.3 Å². The van der Waals surface area contributed by atoms with Gasteiger partial charge in [-0.3, -0.25) is 14.3 Å². The molecular formula is C36H51F6N17O5. The summed E-state index contributed by atoms with van der Waals surface area (Å²) in [6.45, 7) is 8.73. The van der Waals surface area contributed by atoms with Crippen LogP contribution < -0.4 is 22.7 Å². The number of aliphatic imine (C=N–C) groups is 2. The molecule has 3 fully saturated rings. The summed E-state index contributed by atoms with van der Waals surface area (Å²) in [5.74, 6) is -12.4. The molecule has 0 radical (unpaired) electrons. The fraction of sp³-hybridized carbons (Fsp3) is 0.722. The minimum absolute atomic E-state index is 0.0105. The van der Waals surface area contributed by atoms with E-state index in [2.05, 4.69) is 40.1 Å². The molecule has 5 aliphatic heterocycles. The standard InChI is InChI=1S/2C12H18F2N6O.C12H15F2N5O3/c2*1-3-11(6-18-19-16)8(2)12(13,14)10(21-11)20-5-4-9(15)17-7-20;1-3-11(6-16-18-15)7(2)12(13,14)9(22-11)19-5-4-8(20)17-10(19)21/h2*4-5,8,10H,3,6-7H2,1-2H3,(H2,15,17);4-5,7,9H,3,6H2,1-2H3,(H,17,20,21)/t2*8-,10-,11+;7-,9-,11+/m111/s1. The van der Waals surface area contributed by atoms with E-state index in [1.54, 1.807) is 20.8 Å². The molecule has 352 valence electrons. The molecule has 0 amide bonds. The lowest BCUT2D eigenvalue weighted by molar-refractivity contribution is -0.154. The van der Waals surface area contributed by atoms with Gasteiger partial charge in [-0.05, 0) is 48.0 Å². The van der Waals surface area contributed by atoms with Crippen LogP contribution in [0.5, 0.6) is 0 Å². The van der Waals surface area contributed by atoms with E-state index in [-0.39, 0.29) is 51.1 Å². The Kier molecular flexibility index (Phi) is 15.7. The third kappa shape index (κ3) is 9.76. The third-order valence-electron chi connectivity index (χ3n) is 12.5. The van der Waals surface area contributed by atoms with Crippen LogP contribution in [0, 0.1) is 17.8 Å². The van der Waals surface area contributed by atoms with Crippen molar-refractivity contribution in [3.8, 4) is 0 Å². The molecule has 0 aromatic carbocycles. The van der Waals surface area contributed by atoms with Crippen molar-refractivity contribution in [2.24, 2.45) is 54.5 Å². The summed E-state index contributed by atoms with van der Waals surface area (Å²) in [5.41, 5.74) is 30.9. The Morgan fingerprint density at radius 3 is 1.33 bits per heavy atom. The number of halogens is 6. The van der Waals surface area contributed by atoms with Gasteiger partial charge in [-0.1, -0.05) is 56.9 Å². The first-order chi connectivity index (χ1) is 30.0. The number of aromatic amines is 1. The average molecular weight is 916 g/mol. The number of azide groups is 3. The lowest BCUT2D eigenvalue weighted by Gasteiger charge is -2.32. The monoisotopic (exact) mass is 915 g/mol. The van der Waals surface area contributed by atoms with E-state index in [9.17, 15) is 35.9 Å². The van der Waals surface area contributed by atoms with Crippen LogP contribution in [0.4, 0.5) is 26.3 Å². The normalized spacial score (nSPS) is 32.9. The van der Waals surface area contributed by atoms with Crippen molar-refractivity contribution in [2.75, 3.05) is 33.0 Å². The Morgan fingerprint density at radius 2 is 1.03 bits per heavy atom. The summed E-state index contributed by atoms with van der Waals surface area (Å²) in [5, 5.41) is 10.2. The van der Waals surface area contributed by atoms with Crippen LogP contribution in [-0.4, -0.2) is 111 Å². The molecule has 0 saturated carbocycles. The molecule has 3 saturated heterocycles. The van der Waals surface area contributed by atoms with Gasteiger partial charge < -0.3 is 35.5 Å². The first-order valence-electron chi connectivity index (χ1n) is 20.0. The van der Waals surface area contributed by atoms with Crippen LogP contribution in [-0.2, 0) is 14.2 Å². The summed E-state index contributed by atoms with van der Waals surface area (Å²) in [6.07, 6.45) is 2.82. The lowest BCUT2D eigenvalue weighted by Crippen LogP contribution is -2.46. The van der Waals surface area contributed by atoms with Crippen LogP contribution >= 0.6 is 0 Å². The van der Waals surface area contributed by atoms with E-state index >= 15 is 0 Å². The Hall–Kier alpha value is -5.91. The molecule has 22 nitrogen and oxygen atoms in total. The van der Waals surface area contributed by atoms with Gasteiger partial charge in [0.25, 0.3) is 23.3 Å². The number of aromatic nitrogens is 2. The van der Waals surface area contributed by atoms with Crippen molar-refractivity contribution >= 4 is 11.7 Å². The summed E-state index contributed by atoms with van der Waals surface area (Å²) < 4.78 is 105. The maximum Gasteiger partial charge on any atom is 0.330 e. The summed E-state index contributed by atoms with van der Waals surface area (Å²) >= 11 is 0. The molecule has 9 atom stereocenters. The molecule has 0 unspecified atom stereocenters. The van der Waals surface area contributed by atoms with Crippen LogP contribution in [0.15, 0.2) is 71.7 Å². The fourth-order valence-electron chi connectivity index (χ4n) is 7.99. The number of nitrogens with two attached hydrogens (primary N) is 2. The van der Waals surface area contributed by atoms with Gasteiger partial charge in [0.2, 0.25) is 6.23 Å². The molecule has 0 aliphatic carbocycles. The Labute approximate surface area is 361 Å². The summed E-state index contributed by atoms with van der Waals surface area (Å²) in [4.78, 5) is 43.1. The van der Waals surface area contributed by atoms with Gasteiger partial charge in [0.15, 0.2) is 12.5 Å². The zero-order valence-electron chi connectivity index (χ0n) is 35.8. The van der Waals surface area contributed by atoms with Gasteiger partial charge >= 0.3 is 5.69 Å². The van der Waals surface area contributed by atoms with Crippen molar-refractivity contribution in [3.63, 3.8) is 0 Å². The van der Waals surface area contributed by atoms with Crippen LogP contribution in [0.2, 0.25) is 0 Å². The Morgan fingerprint density at radius 1 is 0.688 bits per heavy atom. The highest BCUT2D eigenvalue weighted by Crippen LogP contribution is 2.54. The third-order valence-corrected chi connectivity index (χ3v) is 12.5. The first-order valence-corrected chi connectivity index (χ1v) is 20.0. The number of hydrogen-bond acceptors (Lipinski definition) is 14. The summed E-state index contributed by atoms with van der Waals surface area (Å²) in [6, 6.07) is 0.963. The molecule has 0 bridgehead atoms. The van der Waals surface area contributed by atoms with Crippen LogP contribution in [0.1, 0.15) is 67.0 Å².